The van der Waals surface area contributed by atoms with Crippen molar-refractivity contribution in [2.45, 2.75) is 11.3 Å². The van der Waals surface area contributed by atoms with E-state index >= 15 is 0 Å². The molecule has 1 aliphatic rings. The van der Waals surface area contributed by atoms with E-state index in [1.54, 1.807) is 30.3 Å². The lowest BCUT2D eigenvalue weighted by atomic mass is 10.1. The molecule has 0 saturated carbocycles. The number of para-hydroxylation sites is 1. The molecule has 9 heteroatoms. The van der Waals surface area contributed by atoms with Gasteiger partial charge in [0.1, 0.15) is 0 Å². The Labute approximate surface area is 155 Å². The lowest BCUT2D eigenvalue weighted by Crippen LogP contribution is -2.28. The molecule has 0 unspecified atom stereocenters. The fourth-order valence-corrected chi connectivity index (χ4v) is 3.58. The molecule has 0 radical (unpaired) electrons. The van der Waals surface area contributed by atoms with Gasteiger partial charge in [-0.1, -0.05) is 29.8 Å². The van der Waals surface area contributed by atoms with Gasteiger partial charge in [-0.3, -0.25) is 9.59 Å². The van der Waals surface area contributed by atoms with Gasteiger partial charge in [0.05, 0.1) is 21.5 Å². The molecule has 7 nitrogen and oxygen atoms in total. The highest BCUT2D eigenvalue weighted by Gasteiger charge is 2.35. The fraction of sp³-hybridized carbons (Fsp3) is 0.176. The Morgan fingerprint density at radius 2 is 1.92 bits per heavy atom. The lowest BCUT2D eigenvalue weighted by Gasteiger charge is -2.18. The van der Waals surface area contributed by atoms with Gasteiger partial charge in [-0.15, -0.1) is 0 Å². The van der Waals surface area contributed by atoms with E-state index < -0.39 is 15.9 Å². The Morgan fingerprint density at radius 1 is 1.19 bits per heavy atom. The summed E-state index contributed by atoms with van der Waals surface area (Å²) in [7, 11) is -3.87. The molecule has 0 spiro atoms. The molecule has 3 N–H and O–H groups in total. The molecule has 2 amide bonds. The van der Waals surface area contributed by atoms with E-state index in [1.165, 1.54) is 23.1 Å². The highest BCUT2D eigenvalue weighted by molar-refractivity contribution is 7.89. The third-order valence-electron chi connectivity index (χ3n) is 4.07. The zero-order valence-electron chi connectivity index (χ0n) is 13.6. The van der Waals surface area contributed by atoms with Crippen LogP contribution in [-0.2, 0) is 19.6 Å². The summed E-state index contributed by atoms with van der Waals surface area (Å²) in [4.78, 5) is 26.1. The number of nitrogens with two attached hydrogens (primary N) is 1. The van der Waals surface area contributed by atoms with Gasteiger partial charge in [0.2, 0.25) is 21.8 Å². The first-order valence-corrected chi connectivity index (χ1v) is 9.67. The highest BCUT2D eigenvalue weighted by Crippen LogP contribution is 2.31. The largest absolute Gasteiger partial charge is 0.326 e. The third-order valence-corrected chi connectivity index (χ3v) is 5.30. The molecule has 1 saturated heterocycles. The van der Waals surface area contributed by atoms with Gasteiger partial charge in [0.25, 0.3) is 0 Å². The van der Waals surface area contributed by atoms with Crippen LogP contribution < -0.4 is 15.4 Å². The number of nitrogens with zero attached hydrogens (tertiary/aromatic N) is 1. The van der Waals surface area contributed by atoms with Gasteiger partial charge >= 0.3 is 0 Å². The molecule has 1 heterocycles. The number of rotatable bonds is 4. The second-order valence-electron chi connectivity index (χ2n) is 5.92. The summed E-state index contributed by atoms with van der Waals surface area (Å²) in [6.07, 6.45) is 0.0476. The fourth-order valence-electron chi connectivity index (χ4n) is 2.78. The van der Waals surface area contributed by atoms with Crippen LogP contribution in [-0.4, -0.2) is 26.8 Å². The minimum Gasteiger partial charge on any atom is -0.326 e. The molecule has 2 aromatic carbocycles. The van der Waals surface area contributed by atoms with Crippen LogP contribution in [0.2, 0.25) is 5.02 Å². The van der Waals surface area contributed by atoms with E-state index in [0.717, 1.165) is 0 Å². The van der Waals surface area contributed by atoms with Crippen LogP contribution in [0.1, 0.15) is 6.42 Å². The SMILES string of the molecule is NS(=O)(=O)c1cccc(NC(=O)[C@H]2CC(=O)N(c3ccccc3Cl)C2)c1. The van der Waals surface area contributed by atoms with E-state index in [4.69, 9.17) is 16.7 Å². The van der Waals surface area contributed by atoms with Gasteiger partial charge in [0.15, 0.2) is 0 Å². The van der Waals surface area contributed by atoms with Crippen molar-refractivity contribution in [3.05, 3.63) is 53.6 Å². The van der Waals surface area contributed by atoms with E-state index in [-0.39, 0.29) is 29.7 Å². The van der Waals surface area contributed by atoms with E-state index in [1.807, 2.05) is 0 Å². The number of anilines is 2. The Bertz CT molecular complexity index is 977. The second-order valence-corrected chi connectivity index (χ2v) is 7.89. The molecule has 0 bridgehead atoms. The molecular weight excluding hydrogens is 378 g/mol. The van der Waals surface area contributed by atoms with Crippen molar-refractivity contribution in [1.29, 1.82) is 0 Å². The summed E-state index contributed by atoms with van der Waals surface area (Å²) >= 11 is 6.12. The molecular formula is C17H16ClN3O4S. The first-order valence-electron chi connectivity index (χ1n) is 7.74. The predicted octanol–water partition coefficient (Wildman–Crippen LogP) is 1.98. The van der Waals surface area contributed by atoms with Crippen molar-refractivity contribution >= 4 is 44.8 Å². The molecule has 0 aromatic heterocycles. The maximum Gasteiger partial charge on any atom is 0.238 e. The predicted molar refractivity (Wildman–Crippen MR) is 98.4 cm³/mol. The molecule has 1 atom stereocenters. The molecule has 26 heavy (non-hydrogen) atoms. The highest BCUT2D eigenvalue weighted by atomic mass is 35.5. The normalized spacial score (nSPS) is 17.4. The van der Waals surface area contributed by atoms with Gasteiger partial charge < -0.3 is 10.2 Å². The van der Waals surface area contributed by atoms with Crippen LogP contribution in [0.15, 0.2) is 53.4 Å². The van der Waals surface area contributed by atoms with Crippen molar-refractivity contribution in [3.8, 4) is 0 Å². The van der Waals surface area contributed by atoms with Crippen LogP contribution in [0.4, 0.5) is 11.4 Å². The summed E-state index contributed by atoms with van der Waals surface area (Å²) in [5.74, 6) is -1.15. The van der Waals surface area contributed by atoms with Gasteiger partial charge in [-0.2, -0.15) is 0 Å². The Hall–Kier alpha value is -2.42. The monoisotopic (exact) mass is 393 g/mol. The number of nitrogens with one attached hydrogen (secondary N) is 1. The van der Waals surface area contributed by atoms with Crippen LogP contribution in [0.25, 0.3) is 0 Å². The Balaban J connectivity index is 1.74. The maximum absolute atomic E-state index is 12.5. The number of carbonyl (C=O) groups is 2. The van der Waals surface area contributed by atoms with Crippen LogP contribution in [0.3, 0.4) is 0 Å². The molecule has 1 fully saturated rings. The molecule has 2 aromatic rings. The van der Waals surface area contributed by atoms with E-state index in [9.17, 15) is 18.0 Å². The van der Waals surface area contributed by atoms with Gasteiger partial charge in [0, 0.05) is 18.7 Å². The van der Waals surface area contributed by atoms with Crippen LogP contribution in [0, 0.1) is 5.92 Å². The average Bonchev–Trinajstić information content (AvgIpc) is 2.97. The number of carbonyl (C=O) groups excluding carboxylic acids is 2. The van der Waals surface area contributed by atoms with Crippen molar-refractivity contribution in [3.63, 3.8) is 0 Å². The quantitative estimate of drug-likeness (QED) is 0.827. The smallest absolute Gasteiger partial charge is 0.238 e. The zero-order chi connectivity index (χ0) is 18.9. The van der Waals surface area contributed by atoms with Crippen molar-refractivity contribution < 1.29 is 18.0 Å². The van der Waals surface area contributed by atoms with Crippen molar-refractivity contribution in [2.75, 3.05) is 16.8 Å². The number of amides is 2. The number of benzene rings is 2. The standard InChI is InChI=1S/C17H16ClN3O4S/c18-14-6-1-2-7-15(14)21-10-11(8-16(21)22)17(23)20-12-4-3-5-13(9-12)26(19,24)25/h1-7,9,11H,8,10H2,(H,20,23)(H2,19,24,25)/t11-/m0/s1. The van der Waals surface area contributed by atoms with Crippen molar-refractivity contribution in [1.82, 2.24) is 0 Å². The topological polar surface area (TPSA) is 110 Å². The first kappa shape index (κ1) is 18.4. The van der Waals surface area contributed by atoms with E-state index in [0.29, 0.717) is 16.4 Å². The number of hydrogen-bond acceptors (Lipinski definition) is 4. The number of hydrogen-bond donors (Lipinski definition) is 2. The number of sulfonamides is 1. The van der Waals surface area contributed by atoms with Crippen molar-refractivity contribution in [2.24, 2.45) is 11.1 Å². The second kappa shape index (κ2) is 7.06. The molecule has 3 rings (SSSR count). The summed E-state index contributed by atoms with van der Waals surface area (Å²) in [6, 6.07) is 12.6. The molecule has 1 aliphatic heterocycles. The summed E-state index contributed by atoms with van der Waals surface area (Å²) in [6.45, 7) is 0.198. The minimum atomic E-state index is -3.87. The number of halogens is 1. The first-order chi connectivity index (χ1) is 12.3. The zero-order valence-corrected chi connectivity index (χ0v) is 15.1. The minimum absolute atomic E-state index is 0.0476. The number of primary sulfonamides is 1. The molecule has 0 aliphatic carbocycles. The maximum atomic E-state index is 12.5. The molecule has 136 valence electrons. The van der Waals surface area contributed by atoms with Crippen LogP contribution in [0.5, 0.6) is 0 Å². The lowest BCUT2D eigenvalue weighted by molar-refractivity contribution is -0.122. The van der Waals surface area contributed by atoms with E-state index in [2.05, 4.69) is 5.32 Å². The summed E-state index contributed by atoms with van der Waals surface area (Å²) < 4.78 is 22.8. The van der Waals surface area contributed by atoms with Gasteiger partial charge in [-0.05, 0) is 30.3 Å². The van der Waals surface area contributed by atoms with Crippen LogP contribution >= 0.6 is 11.6 Å². The van der Waals surface area contributed by atoms with Gasteiger partial charge in [-0.25, -0.2) is 13.6 Å². The third kappa shape index (κ3) is 3.87. The Morgan fingerprint density at radius 3 is 2.62 bits per heavy atom. The Kier molecular flexibility index (Phi) is 4.99. The average molecular weight is 394 g/mol. The summed E-state index contributed by atoms with van der Waals surface area (Å²) in [5, 5.41) is 8.16. The summed E-state index contributed by atoms with van der Waals surface area (Å²) in [5.41, 5.74) is 0.857.